The van der Waals surface area contributed by atoms with Gasteiger partial charge in [-0.1, -0.05) is 6.07 Å². The first-order valence-corrected chi connectivity index (χ1v) is 7.79. The maximum absolute atomic E-state index is 13.8. The molecule has 3 aromatic rings. The minimum atomic E-state index is -0.382. The maximum Gasteiger partial charge on any atom is 0.251 e. The molecule has 0 aliphatic heterocycles. The van der Waals surface area contributed by atoms with E-state index in [1.807, 2.05) is 13.0 Å². The third-order valence-corrected chi connectivity index (χ3v) is 3.99. The van der Waals surface area contributed by atoms with E-state index in [2.05, 4.69) is 15.5 Å². The van der Waals surface area contributed by atoms with Crippen LogP contribution in [0.3, 0.4) is 0 Å². The number of aromatic nitrogens is 2. The number of amides is 1. The van der Waals surface area contributed by atoms with E-state index in [4.69, 9.17) is 4.74 Å². The predicted molar refractivity (Wildman–Crippen MR) is 92.9 cm³/mol. The summed E-state index contributed by atoms with van der Waals surface area (Å²) < 4.78 is 18.9. The fourth-order valence-corrected chi connectivity index (χ4v) is 2.62. The topological polar surface area (TPSA) is 67.0 Å². The molecule has 0 spiro atoms. The van der Waals surface area contributed by atoms with Gasteiger partial charge < -0.3 is 10.1 Å². The van der Waals surface area contributed by atoms with Crippen LogP contribution in [0.2, 0.25) is 0 Å². The monoisotopic (exact) mass is 339 g/mol. The number of halogens is 1. The van der Waals surface area contributed by atoms with Crippen LogP contribution in [0.1, 0.15) is 21.5 Å². The Labute approximate surface area is 144 Å². The number of nitrogens with one attached hydrogen (secondary N) is 2. The smallest absolute Gasteiger partial charge is 0.251 e. The summed E-state index contributed by atoms with van der Waals surface area (Å²) in [6.07, 6.45) is 3.53. The largest absolute Gasteiger partial charge is 0.497 e. The Morgan fingerprint density at radius 1 is 1.28 bits per heavy atom. The van der Waals surface area contributed by atoms with Gasteiger partial charge in [-0.05, 0) is 48.4 Å². The number of hydrogen-bond acceptors (Lipinski definition) is 3. The van der Waals surface area contributed by atoms with Crippen molar-refractivity contribution in [2.45, 2.75) is 13.5 Å². The highest BCUT2D eigenvalue weighted by molar-refractivity contribution is 5.95. The van der Waals surface area contributed by atoms with Gasteiger partial charge in [-0.3, -0.25) is 9.89 Å². The highest BCUT2D eigenvalue weighted by atomic mass is 19.1. The lowest BCUT2D eigenvalue weighted by Crippen LogP contribution is -2.23. The van der Waals surface area contributed by atoms with Crippen LogP contribution in [0.5, 0.6) is 5.75 Å². The average Bonchev–Trinajstić information content (AvgIpc) is 3.15. The molecule has 0 radical (unpaired) electrons. The van der Waals surface area contributed by atoms with Crippen molar-refractivity contribution < 1.29 is 13.9 Å². The van der Waals surface area contributed by atoms with Crippen LogP contribution in [0, 0.1) is 12.7 Å². The fraction of sp³-hybridized carbons (Fsp3) is 0.158. The van der Waals surface area contributed by atoms with Gasteiger partial charge in [-0.2, -0.15) is 5.10 Å². The molecule has 0 saturated heterocycles. The number of nitrogens with zero attached hydrogens (tertiary/aromatic N) is 1. The number of methoxy groups -OCH3 is 1. The first-order chi connectivity index (χ1) is 12.1. The molecular formula is C19H18FN3O2. The Bertz CT molecular complexity index is 892. The van der Waals surface area contributed by atoms with E-state index in [9.17, 15) is 9.18 Å². The first kappa shape index (κ1) is 16.7. The van der Waals surface area contributed by atoms with E-state index in [1.165, 1.54) is 13.2 Å². The molecule has 1 amide bonds. The van der Waals surface area contributed by atoms with Crippen LogP contribution >= 0.6 is 0 Å². The number of carbonyl (C=O) groups excluding carboxylic acids is 1. The molecule has 2 aromatic carbocycles. The molecule has 0 aliphatic rings. The molecule has 2 N–H and O–H groups in total. The molecule has 25 heavy (non-hydrogen) atoms. The number of carbonyl (C=O) groups is 1. The maximum atomic E-state index is 13.8. The molecule has 3 rings (SSSR count). The average molecular weight is 339 g/mol. The Morgan fingerprint density at radius 3 is 2.80 bits per heavy atom. The van der Waals surface area contributed by atoms with Crippen molar-refractivity contribution in [3.05, 3.63) is 71.3 Å². The van der Waals surface area contributed by atoms with Crippen molar-refractivity contribution in [2.75, 3.05) is 7.11 Å². The lowest BCUT2D eigenvalue weighted by atomic mass is 10.0. The van der Waals surface area contributed by atoms with Crippen molar-refractivity contribution in [1.82, 2.24) is 15.5 Å². The molecule has 0 aliphatic carbocycles. The molecule has 128 valence electrons. The number of benzene rings is 2. The molecular weight excluding hydrogens is 321 g/mol. The van der Waals surface area contributed by atoms with Crippen LogP contribution in [-0.2, 0) is 6.54 Å². The second-order valence-electron chi connectivity index (χ2n) is 5.66. The molecule has 0 bridgehead atoms. The van der Waals surface area contributed by atoms with Crippen LogP contribution in [0.4, 0.5) is 4.39 Å². The van der Waals surface area contributed by atoms with Gasteiger partial charge in [0.1, 0.15) is 11.6 Å². The number of ether oxygens (including phenoxy) is 1. The molecule has 0 unspecified atom stereocenters. The lowest BCUT2D eigenvalue weighted by Gasteiger charge is -2.10. The molecule has 0 saturated carbocycles. The SMILES string of the molecule is COc1ccc(F)c(CNC(=O)c2ccc(-c3cn[nH]c3)c(C)c2)c1. The normalized spacial score (nSPS) is 10.5. The van der Waals surface area contributed by atoms with E-state index < -0.39 is 0 Å². The lowest BCUT2D eigenvalue weighted by molar-refractivity contribution is 0.0950. The van der Waals surface area contributed by atoms with Crippen molar-refractivity contribution in [3.63, 3.8) is 0 Å². The van der Waals surface area contributed by atoms with Gasteiger partial charge in [0.05, 0.1) is 13.3 Å². The zero-order chi connectivity index (χ0) is 17.8. The summed E-state index contributed by atoms with van der Waals surface area (Å²) in [6, 6.07) is 9.86. The van der Waals surface area contributed by atoms with Gasteiger partial charge >= 0.3 is 0 Å². The summed E-state index contributed by atoms with van der Waals surface area (Å²) in [4.78, 5) is 12.4. The Morgan fingerprint density at radius 2 is 2.12 bits per heavy atom. The van der Waals surface area contributed by atoms with E-state index in [0.717, 1.165) is 16.7 Å². The summed E-state index contributed by atoms with van der Waals surface area (Å²) in [5.41, 5.74) is 3.82. The minimum absolute atomic E-state index is 0.0877. The van der Waals surface area contributed by atoms with Gasteiger partial charge in [0.2, 0.25) is 0 Å². The van der Waals surface area contributed by atoms with E-state index in [1.54, 1.807) is 36.7 Å². The third kappa shape index (κ3) is 3.68. The van der Waals surface area contributed by atoms with Gasteiger partial charge in [0.25, 0.3) is 5.91 Å². The standard InChI is InChI=1S/C19H18FN3O2/c1-12-7-13(3-5-17(12)15-10-22-23-11-15)19(24)21-9-14-8-16(25-2)4-6-18(14)20/h3-8,10-11H,9H2,1-2H3,(H,21,24)(H,22,23). The highest BCUT2D eigenvalue weighted by Crippen LogP contribution is 2.23. The molecule has 1 aromatic heterocycles. The third-order valence-electron chi connectivity index (χ3n) is 3.99. The first-order valence-electron chi connectivity index (χ1n) is 7.79. The van der Waals surface area contributed by atoms with Crippen LogP contribution in [0.25, 0.3) is 11.1 Å². The van der Waals surface area contributed by atoms with Crippen molar-refractivity contribution in [3.8, 4) is 16.9 Å². The van der Waals surface area contributed by atoms with E-state index in [0.29, 0.717) is 16.9 Å². The predicted octanol–water partition coefficient (Wildman–Crippen LogP) is 3.46. The summed E-state index contributed by atoms with van der Waals surface area (Å²) in [5.74, 6) is -0.0948. The number of H-pyrrole nitrogens is 1. The van der Waals surface area contributed by atoms with Crippen LogP contribution < -0.4 is 10.1 Å². The summed E-state index contributed by atoms with van der Waals surface area (Å²) in [6.45, 7) is 2.02. The number of hydrogen-bond donors (Lipinski definition) is 2. The van der Waals surface area contributed by atoms with Crippen LogP contribution in [0.15, 0.2) is 48.8 Å². The Balaban J connectivity index is 1.73. The highest BCUT2D eigenvalue weighted by Gasteiger charge is 2.11. The number of aryl methyl sites for hydroxylation is 1. The summed E-state index contributed by atoms with van der Waals surface area (Å²) in [7, 11) is 1.51. The van der Waals surface area contributed by atoms with Gasteiger partial charge in [-0.15, -0.1) is 0 Å². The summed E-state index contributed by atoms with van der Waals surface area (Å²) in [5, 5.41) is 9.44. The fourth-order valence-electron chi connectivity index (χ4n) is 2.62. The zero-order valence-corrected chi connectivity index (χ0v) is 14.0. The van der Waals surface area contributed by atoms with Crippen molar-refractivity contribution in [2.24, 2.45) is 0 Å². The Kier molecular flexibility index (Phi) is 4.79. The van der Waals surface area contributed by atoms with E-state index >= 15 is 0 Å². The quantitative estimate of drug-likeness (QED) is 0.748. The second kappa shape index (κ2) is 7.17. The molecule has 6 heteroatoms. The number of rotatable bonds is 5. The van der Waals surface area contributed by atoms with Gasteiger partial charge in [0, 0.05) is 29.4 Å². The number of aromatic amines is 1. The molecule has 1 heterocycles. The minimum Gasteiger partial charge on any atom is -0.497 e. The summed E-state index contributed by atoms with van der Waals surface area (Å²) >= 11 is 0. The zero-order valence-electron chi connectivity index (χ0n) is 14.0. The van der Waals surface area contributed by atoms with Gasteiger partial charge in [0.15, 0.2) is 0 Å². The molecule has 0 atom stereocenters. The van der Waals surface area contributed by atoms with Crippen molar-refractivity contribution in [1.29, 1.82) is 0 Å². The Hall–Kier alpha value is -3.15. The van der Waals surface area contributed by atoms with Gasteiger partial charge in [-0.25, -0.2) is 4.39 Å². The van der Waals surface area contributed by atoms with E-state index in [-0.39, 0.29) is 18.3 Å². The van der Waals surface area contributed by atoms with Crippen molar-refractivity contribution >= 4 is 5.91 Å². The molecule has 5 nitrogen and oxygen atoms in total. The second-order valence-corrected chi connectivity index (χ2v) is 5.66. The molecule has 0 fully saturated rings. The van der Waals surface area contributed by atoms with Crippen LogP contribution in [-0.4, -0.2) is 23.2 Å².